The molecule has 0 radical (unpaired) electrons. The van der Waals surface area contributed by atoms with Gasteiger partial charge in [-0.15, -0.1) is 0 Å². The molecule has 0 spiro atoms. The van der Waals surface area contributed by atoms with Crippen LogP contribution in [-0.4, -0.2) is 18.8 Å². The fourth-order valence-electron chi connectivity index (χ4n) is 0.754. The number of carbonyl (C=O) groups excluding carboxylic acids is 1. The van der Waals surface area contributed by atoms with Crippen molar-refractivity contribution in [2.24, 2.45) is 10.7 Å². The number of hydrogen-bond donors (Lipinski definition) is 2. The standard InChI is InChI=1S/C9H15N3O/c1-4-6-12-8(10)7(5-2)9(13)11-3/h4-6H,1-3H3,(H2,10,12)(H,11,13)/b6-4-,7-5+. The summed E-state index contributed by atoms with van der Waals surface area (Å²) in [7, 11) is 1.55. The maximum Gasteiger partial charge on any atom is 0.254 e. The molecule has 0 aliphatic heterocycles. The second-order valence-electron chi connectivity index (χ2n) is 2.28. The van der Waals surface area contributed by atoms with Crippen LogP contribution in [0.2, 0.25) is 0 Å². The van der Waals surface area contributed by atoms with Crippen molar-refractivity contribution in [2.45, 2.75) is 13.8 Å². The Morgan fingerprint density at radius 2 is 2.08 bits per heavy atom. The van der Waals surface area contributed by atoms with E-state index in [1.165, 1.54) is 0 Å². The van der Waals surface area contributed by atoms with Crippen molar-refractivity contribution in [1.29, 1.82) is 0 Å². The van der Waals surface area contributed by atoms with Crippen molar-refractivity contribution in [1.82, 2.24) is 5.32 Å². The van der Waals surface area contributed by atoms with Crippen molar-refractivity contribution in [2.75, 3.05) is 7.05 Å². The molecule has 0 aromatic carbocycles. The lowest BCUT2D eigenvalue weighted by atomic mass is 10.2. The smallest absolute Gasteiger partial charge is 0.254 e. The van der Waals surface area contributed by atoms with Crippen molar-refractivity contribution in [3.8, 4) is 0 Å². The molecule has 0 aromatic heterocycles. The normalized spacial score (nSPS) is 13.5. The maximum atomic E-state index is 11.2. The SMILES string of the molecule is C\C=C/N=C(N)\C(=C/C)C(=O)NC. The summed E-state index contributed by atoms with van der Waals surface area (Å²) in [6.07, 6.45) is 4.91. The summed E-state index contributed by atoms with van der Waals surface area (Å²) in [4.78, 5) is 15.1. The van der Waals surface area contributed by atoms with Gasteiger partial charge in [0.25, 0.3) is 5.91 Å². The third kappa shape index (κ3) is 3.55. The van der Waals surface area contributed by atoms with Gasteiger partial charge in [0.2, 0.25) is 0 Å². The molecule has 0 fully saturated rings. The molecule has 0 heterocycles. The van der Waals surface area contributed by atoms with Gasteiger partial charge in [-0.2, -0.15) is 0 Å². The van der Waals surface area contributed by atoms with Crippen LogP contribution in [-0.2, 0) is 4.79 Å². The fourth-order valence-corrected chi connectivity index (χ4v) is 0.754. The molecule has 0 rings (SSSR count). The molecule has 13 heavy (non-hydrogen) atoms. The van der Waals surface area contributed by atoms with Crippen molar-refractivity contribution in [3.05, 3.63) is 23.9 Å². The Hall–Kier alpha value is -1.58. The number of likely N-dealkylation sites (N-methyl/N-ethyl adjacent to an activating group) is 1. The van der Waals surface area contributed by atoms with Crippen molar-refractivity contribution in [3.63, 3.8) is 0 Å². The highest BCUT2D eigenvalue weighted by Crippen LogP contribution is 1.95. The Kier molecular flexibility index (Phi) is 5.27. The second-order valence-corrected chi connectivity index (χ2v) is 2.28. The summed E-state index contributed by atoms with van der Waals surface area (Å²) < 4.78 is 0. The number of amides is 1. The first-order chi connectivity index (χ1) is 6.17. The molecule has 0 aliphatic rings. The van der Waals surface area contributed by atoms with Crippen LogP contribution in [0.15, 0.2) is 28.9 Å². The van der Waals surface area contributed by atoms with Crippen LogP contribution in [0.1, 0.15) is 13.8 Å². The highest BCUT2D eigenvalue weighted by Gasteiger charge is 2.09. The average Bonchev–Trinajstić information content (AvgIpc) is 2.15. The molecular weight excluding hydrogens is 166 g/mol. The highest BCUT2D eigenvalue weighted by atomic mass is 16.1. The van der Waals surface area contributed by atoms with Crippen LogP contribution >= 0.6 is 0 Å². The highest BCUT2D eigenvalue weighted by molar-refractivity contribution is 6.20. The van der Waals surface area contributed by atoms with Gasteiger partial charge in [-0.25, -0.2) is 4.99 Å². The minimum Gasteiger partial charge on any atom is -0.383 e. The van der Waals surface area contributed by atoms with Crippen LogP contribution in [0.3, 0.4) is 0 Å². The van der Waals surface area contributed by atoms with Gasteiger partial charge in [0.05, 0.1) is 5.57 Å². The van der Waals surface area contributed by atoms with E-state index in [4.69, 9.17) is 5.73 Å². The molecule has 72 valence electrons. The van der Waals surface area contributed by atoms with E-state index in [9.17, 15) is 4.79 Å². The van der Waals surface area contributed by atoms with E-state index in [2.05, 4.69) is 10.3 Å². The minimum absolute atomic E-state index is 0.222. The van der Waals surface area contributed by atoms with Gasteiger partial charge in [0, 0.05) is 13.2 Å². The van der Waals surface area contributed by atoms with Crippen LogP contribution in [0.4, 0.5) is 0 Å². The van der Waals surface area contributed by atoms with Gasteiger partial charge in [-0.05, 0) is 13.8 Å². The molecule has 4 heteroatoms. The first kappa shape index (κ1) is 11.4. The van der Waals surface area contributed by atoms with Gasteiger partial charge in [-0.1, -0.05) is 12.2 Å². The van der Waals surface area contributed by atoms with E-state index in [-0.39, 0.29) is 11.7 Å². The fraction of sp³-hybridized carbons (Fsp3) is 0.333. The summed E-state index contributed by atoms with van der Waals surface area (Å²) >= 11 is 0. The molecule has 0 unspecified atom stereocenters. The largest absolute Gasteiger partial charge is 0.383 e. The van der Waals surface area contributed by atoms with Gasteiger partial charge >= 0.3 is 0 Å². The molecule has 3 N–H and O–H groups in total. The zero-order valence-electron chi connectivity index (χ0n) is 8.16. The van der Waals surface area contributed by atoms with E-state index in [1.54, 1.807) is 32.3 Å². The summed E-state index contributed by atoms with van der Waals surface area (Å²) in [5.41, 5.74) is 5.95. The summed E-state index contributed by atoms with van der Waals surface area (Å²) in [6, 6.07) is 0. The number of nitrogens with zero attached hydrogens (tertiary/aromatic N) is 1. The monoisotopic (exact) mass is 181 g/mol. The lowest BCUT2D eigenvalue weighted by Crippen LogP contribution is -2.28. The third-order valence-electron chi connectivity index (χ3n) is 1.40. The average molecular weight is 181 g/mol. The van der Waals surface area contributed by atoms with Gasteiger partial charge in [0.15, 0.2) is 0 Å². The van der Waals surface area contributed by atoms with E-state index in [1.807, 2.05) is 6.92 Å². The van der Waals surface area contributed by atoms with Crippen LogP contribution in [0, 0.1) is 0 Å². The predicted octanol–water partition coefficient (Wildman–Crippen LogP) is 0.569. The number of hydrogen-bond acceptors (Lipinski definition) is 2. The second kappa shape index (κ2) is 5.99. The molecule has 1 amide bonds. The van der Waals surface area contributed by atoms with E-state index < -0.39 is 0 Å². The number of carbonyl (C=O) groups is 1. The number of aliphatic imine (C=N–C) groups is 1. The quantitative estimate of drug-likeness (QED) is 0.379. The van der Waals surface area contributed by atoms with Gasteiger partial charge in [-0.3, -0.25) is 4.79 Å². The van der Waals surface area contributed by atoms with Crippen LogP contribution in [0.25, 0.3) is 0 Å². The topological polar surface area (TPSA) is 67.5 Å². The van der Waals surface area contributed by atoms with E-state index in [0.717, 1.165) is 0 Å². The molecule has 0 atom stereocenters. The number of nitrogens with one attached hydrogen (secondary N) is 1. The molecular formula is C9H15N3O. The van der Waals surface area contributed by atoms with Crippen LogP contribution in [0.5, 0.6) is 0 Å². The Morgan fingerprint density at radius 1 is 1.46 bits per heavy atom. The lowest BCUT2D eigenvalue weighted by Gasteiger charge is -2.02. The predicted molar refractivity (Wildman–Crippen MR) is 54.3 cm³/mol. The zero-order chi connectivity index (χ0) is 10.3. The van der Waals surface area contributed by atoms with Gasteiger partial charge < -0.3 is 11.1 Å². The van der Waals surface area contributed by atoms with E-state index in [0.29, 0.717) is 5.57 Å². The molecule has 0 aromatic rings. The molecule has 0 aliphatic carbocycles. The minimum atomic E-state index is -0.228. The van der Waals surface area contributed by atoms with Crippen LogP contribution < -0.4 is 11.1 Å². The third-order valence-corrected chi connectivity index (χ3v) is 1.40. The lowest BCUT2D eigenvalue weighted by molar-refractivity contribution is -0.116. The number of amidine groups is 1. The Balaban J connectivity index is 4.70. The maximum absolute atomic E-state index is 11.2. The molecule has 0 saturated carbocycles. The van der Waals surface area contributed by atoms with E-state index >= 15 is 0 Å². The number of allylic oxidation sites excluding steroid dienone is 2. The summed E-state index contributed by atoms with van der Waals surface area (Å²) in [6.45, 7) is 3.56. The Labute approximate surface area is 78.2 Å². The number of nitrogens with two attached hydrogens (primary N) is 1. The molecule has 0 saturated heterocycles. The summed E-state index contributed by atoms with van der Waals surface area (Å²) in [5, 5.41) is 2.48. The number of rotatable bonds is 3. The zero-order valence-corrected chi connectivity index (χ0v) is 8.16. The van der Waals surface area contributed by atoms with Crippen molar-refractivity contribution >= 4 is 11.7 Å². The van der Waals surface area contributed by atoms with Gasteiger partial charge in [0.1, 0.15) is 5.84 Å². The summed E-state index contributed by atoms with van der Waals surface area (Å²) in [5.74, 6) is -0.00629. The molecule has 4 nitrogen and oxygen atoms in total. The Morgan fingerprint density at radius 3 is 2.46 bits per heavy atom. The first-order valence-electron chi connectivity index (χ1n) is 4.00. The van der Waals surface area contributed by atoms with Crippen molar-refractivity contribution < 1.29 is 4.79 Å². The molecule has 0 bridgehead atoms. The first-order valence-corrected chi connectivity index (χ1v) is 4.00. The Bertz CT molecular complexity index is 264.